The molecule has 0 aromatic carbocycles. The number of hydrogen-bond donors (Lipinski definition) is 2. The van der Waals surface area contributed by atoms with Crippen molar-refractivity contribution in [1.29, 1.82) is 0 Å². The van der Waals surface area contributed by atoms with Crippen molar-refractivity contribution >= 4 is 112 Å². The molecular formula is C98H98N14O21S3. The Kier molecular flexibility index (Phi) is 41.0. The number of thiazole rings is 3. The van der Waals surface area contributed by atoms with E-state index in [0.29, 0.717) is 142 Å². The SMILES string of the molecule is CN(C)c1ccc(-c2ccc(CCC=O)o2)nn1.CNc1ncc(-c2ccc(CCC=O)o2)s1.COC=Nc1ncc(-c2ccc(CCC=O)o2)s1.COc1ncc(-c2ccc(CCC=O)o2)s1.Cn1cc(-c2ccc(CCC=O)o2)ccc1=O.Cn1cc(-c2ccc(CCC=O)o2)cnc1=O.O=CCCc1ccc(-c2ccc(=O)[nH]c2)o1.O=CCCc1ccc(-c2ccc3nccn3c2)o1. The third kappa shape index (κ3) is 32.1. The number of anilines is 2. The van der Waals surface area contributed by atoms with Crippen LogP contribution in [0.2, 0.25) is 0 Å². The van der Waals surface area contributed by atoms with Gasteiger partial charge in [-0.3, -0.25) is 9.59 Å². The lowest BCUT2D eigenvalue weighted by molar-refractivity contribution is -0.108. The number of hydrogen-bond acceptors (Lipinski definition) is 34. The first-order valence-corrected chi connectivity index (χ1v) is 44.9. The van der Waals surface area contributed by atoms with Gasteiger partial charge in [-0.25, -0.2) is 29.7 Å². The number of aromatic nitrogens is 11. The number of pyridine rings is 3. The normalized spacial score (nSPS) is 10.5. The fourth-order valence-corrected chi connectivity index (χ4v) is 14.2. The molecule has 0 aliphatic carbocycles. The van der Waals surface area contributed by atoms with E-state index in [9.17, 15) is 52.7 Å². The Morgan fingerprint density at radius 1 is 0.412 bits per heavy atom. The largest absolute Gasteiger partial charge is 0.486 e. The number of carbonyl (C=O) groups is 8. The summed E-state index contributed by atoms with van der Waals surface area (Å²) in [7, 11) is 12.1. The number of nitrogens with zero attached hydrogens (tertiary/aromatic N) is 12. The summed E-state index contributed by atoms with van der Waals surface area (Å²) >= 11 is 4.37. The highest BCUT2D eigenvalue weighted by Crippen LogP contribution is 2.35. The van der Waals surface area contributed by atoms with E-state index in [1.807, 2.05) is 164 Å². The van der Waals surface area contributed by atoms with Gasteiger partial charge in [0.15, 0.2) is 23.1 Å². The zero-order chi connectivity index (χ0) is 96.8. The molecule has 2 N–H and O–H groups in total. The maximum Gasteiger partial charge on any atom is 0.347 e. The number of carbonyl (C=O) groups excluding carboxylic acids is 8. The van der Waals surface area contributed by atoms with Gasteiger partial charge in [-0.15, -0.1) is 10.2 Å². The van der Waals surface area contributed by atoms with Crippen molar-refractivity contribution in [2.75, 3.05) is 45.6 Å². The van der Waals surface area contributed by atoms with Crippen LogP contribution in [0.4, 0.5) is 16.1 Å². The maximum absolute atomic E-state index is 11.2. The molecule has 0 atom stereocenters. The zero-order valence-electron chi connectivity index (χ0n) is 75.3. The maximum atomic E-state index is 11.2. The molecule has 17 aromatic heterocycles. The molecule has 0 unspecified atom stereocenters. The summed E-state index contributed by atoms with van der Waals surface area (Å²) in [6, 6.07) is 43.9. The van der Waals surface area contributed by atoms with Crippen molar-refractivity contribution in [3.8, 4) is 93.9 Å². The molecule has 0 saturated carbocycles. The Morgan fingerprint density at radius 2 is 0.824 bits per heavy atom. The lowest BCUT2D eigenvalue weighted by Crippen LogP contribution is -2.18. The number of aliphatic imine (C=N–C) groups is 1. The van der Waals surface area contributed by atoms with E-state index in [1.165, 1.54) is 75.0 Å². The molecule has 0 radical (unpaired) electrons. The van der Waals surface area contributed by atoms with Gasteiger partial charge in [-0.05, 0) is 133 Å². The minimum Gasteiger partial charge on any atom is -0.486 e. The van der Waals surface area contributed by atoms with Crippen LogP contribution in [0.5, 0.6) is 5.19 Å². The molecule has 704 valence electrons. The quantitative estimate of drug-likeness (QED) is 0.0207. The van der Waals surface area contributed by atoms with E-state index in [1.54, 1.807) is 76.7 Å². The summed E-state index contributed by atoms with van der Waals surface area (Å²) in [6.07, 6.45) is 34.4. The van der Waals surface area contributed by atoms with Crippen molar-refractivity contribution in [3.63, 3.8) is 0 Å². The van der Waals surface area contributed by atoms with Gasteiger partial charge in [0.2, 0.25) is 16.3 Å². The lowest BCUT2D eigenvalue weighted by atomic mass is 10.2. The molecule has 35 nitrogen and oxygen atoms in total. The van der Waals surface area contributed by atoms with Crippen LogP contribution < -0.4 is 31.8 Å². The van der Waals surface area contributed by atoms with Gasteiger partial charge in [0.05, 0.1) is 53.0 Å². The predicted octanol–water partition coefficient (Wildman–Crippen LogP) is 17.3. The van der Waals surface area contributed by atoms with Crippen molar-refractivity contribution < 1.29 is 83.2 Å². The molecule has 0 aliphatic heterocycles. The smallest absolute Gasteiger partial charge is 0.347 e. The van der Waals surface area contributed by atoms with Crippen LogP contribution in [0.3, 0.4) is 0 Å². The van der Waals surface area contributed by atoms with Crippen molar-refractivity contribution in [1.82, 2.24) is 53.6 Å². The molecule has 17 heterocycles. The highest BCUT2D eigenvalue weighted by molar-refractivity contribution is 7.19. The summed E-state index contributed by atoms with van der Waals surface area (Å²) < 4.78 is 59.4. The fraction of sp³-hybridized carbons (Fsp3) is 0.235. The van der Waals surface area contributed by atoms with Gasteiger partial charge in [0, 0.05) is 210 Å². The monoisotopic (exact) mass is 1900 g/mol. The van der Waals surface area contributed by atoms with E-state index in [0.717, 1.165) is 173 Å². The van der Waals surface area contributed by atoms with Crippen LogP contribution in [-0.2, 0) is 109 Å². The second-order valence-corrected chi connectivity index (χ2v) is 32.1. The lowest BCUT2D eigenvalue weighted by Gasteiger charge is -2.09. The topological polar surface area (TPSA) is 459 Å². The fourth-order valence-electron chi connectivity index (χ4n) is 12.1. The third-order valence-corrected chi connectivity index (χ3v) is 21.9. The highest BCUT2D eigenvalue weighted by atomic mass is 32.1. The summed E-state index contributed by atoms with van der Waals surface area (Å²) in [5.41, 5.74) is 4.51. The second kappa shape index (κ2) is 54.7. The van der Waals surface area contributed by atoms with Crippen LogP contribution in [0.25, 0.3) is 94.3 Å². The number of furan rings is 8. The highest BCUT2D eigenvalue weighted by Gasteiger charge is 2.16. The first kappa shape index (κ1) is 102. The number of aldehydes is 8. The molecule has 17 aromatic rings. The van der Waals surface area contributed by atoms with Crippen LogP contribution in [0.1, 0.15) is 97.4 Å². The molecule has 17 rings (SSSR count). The van der Waals surface area contributed by atoms with Gasteiger partial charge in [0.25, 0.3) is 5.19 Å². The van der Waals surface area contributed by atoms with E-state index in [2.05, 4.69) is 50.4 Å². The molecule has 0 saturated heterocycles. The van der Waals surface area contributed by atoms with Gasteiger partial charge in [-0.1, -0.05) is 34.0 Å². The number of imidazole rings is 1. The molecular weight excluding hydrogens is 1810 g/mol. The Hall–Kier alpha value is -16.1. The van der Waals surface area contributed by atoms with Gasteiger partial charge in [-0.2, -0.15) is 4.99 Å². The Bertz CT molecular complexity index is 6600. The van der Waals surface area contributed by atoms with Crippen LogP contribution in [-0.4, -0.2) is 146 Å². The van der Waals surface area contributed by atoms with Gasteiger partial charge in [0.1, 0.15) is 148 Å². The number of methoxy groups -OCH3 is 2. The molecule has 0 bridgehead atoms. The van der Waals surface area contributed by atoms with E-state index < -0.39 is 0 Å². The molecule has 0 fully saturated rings. The van der Waals surface area contributed by atoms with Crippen molar-refractivity contribution in [3.05, 3.63) is 285 Å². The Balaban J connectivity index is 0.000000161. The average molecular weight is 1900 g/mol. The predicted molar refractivity (Wildman–Crippen MR) is 514 cm³/mol. The van der Waals surface area contributed by atoms with E-state index >= 15 is 0 Å². The summed E-state index contributed by atoms with van der Waals surface area (Å²) in [5, 5.41) is 13.3. The number of nitrogens with one attached hydrogen (secondary N) is 2. The Labute approximate surface area is 790 Å². The standard InChI is InChI=1S/C14H12N2O2.C13H15N3O2.C13H13NO3.C12H12N2O3S.C12H12N2O3.C12H11NO3.C11H12N2O2S.C11H11NO3S/c17-9-1-2-12-4-5-13(18-12)11-3-6-14-15-7-8-16(14)10-11;1-16(2)13-8-6-11(14-15-13)12-7-5-10(18-12)4-3-9-17;1-14-9-10(4-7-13(14)16)12-6-5-11(17-12)3-2-8-15;1-16-8-14-12-13-7-11(18-12)10-5-4-9(17-10)3-2-6-15;1-14-8-9(7-13-12(14)16)11-5-4-10(17-11)3-2-6-15;14-7-1-2-10-4-5-11(16-10)9-3-6-12(15)13-8-9;1-12-11-13-7-10(16-11)9-5-4-8(15-9)3-2-6-14;1-14-11-12-7-10(16-11)9-5-4-8(15-9)3-2-6-13/h3-10H,1-2H2;5-9H,3-4H2,1-2H3;4-9H,2-3H2,1H3;4-8H,2-3H2,1H3;4-8H,2-3H2,1H3;3-8H,1-2H2,(H,13,15);4-7H,2-3H2,1H3,(H,12,13);4-7H,2-3H2,1H3. The first-order valence-electron chi connectivity index (χ1n) is 42.5. The number of rotatable bonds is 37. The first-order chi connectivity index (χ1) is 66.3. The molecule has 0 aliphatic rings. The second-order valence-electron chi connectivity index (χ2n) is 29.0. The number of ether oxygens (including phenoxy) is 2. The van der Waals surface area contributed by atoms with Crippen molar-refractivity contribution in [2.45, 2.75) is 103 Å². The van der Waals surface area contributed by atoms with Crippen molar-refractivity contribution in [2.24, 2.45) is 19.1 Å². The number of aryl methyl sites for hydroxylation is 10. The number of fused-ring (bicyclic) bond motifs is 1. The number of aromatic amines is 1. The summed E-state index contributed by atoms with van der Waals surface area (Å²) in [6.45, 7) is 0. The number of H-pyrrole nitrogens is 1. The average Bonchev–Trinajstić information content (AvgIpc) is 1.71. The van der Waals surface area contributed by atoms with Gasteiger partial charge < -0.3 is 112 Å². The minimum atomic E-state index is -0.304. The van der Waals surface area contributed by atoms with E-state index in [4.69, 9.17) is 44.8 Å². The van der Waals surface area contributed by atoms with Crippen LogP contribution in [0, 0.1) is 0 Å². The molecule has 0 spiro atoms. The summed E-state index contributed by atoms with van der Waals surface area (Å²) in [4.78, 5) is 147. The minimum absolute atomic E-state index is 0.0542. The molecule has 0 amide bonds. The van der Waals surface area contributed by atoms with Gasteiger partial charge >= 0.3 is 5.69 Å². The summed E-state index contributed by atoms with van der Waals surface area (Å²) in [5.74, 6) is 13.0. The molecule has 38 heteroatoms. The van der Waals surface area contributed by atoms with E-state index in [-0.39, 0.29) is 16.8 Å². The third-order valence-electron chi connectivity index (χ3n) is 18.9. The van der Waals surface area contributed by atoms with Crippen LogP contribution in [0.15, 0.2) is 262 Å². The van der Waals surface area contributed by atoms with Crippen LogP contribution >= 0.6 is 34.0 Å². The Morgan fingerprint density at radius 3 is 1.24 bits per heavy atom. The zero-order valence-corrected chi connectivity index (χ0v) is 77.8. The molecule has 136 heavy (non-hydrogen) atoms.